The molecule has 0 aliphatic carbocycles. The second-order valence-electron chi connectivity index (χ2n) is 3.74. The van der Waals surface area contributed by atoms with Crippen molar-refractivity contribution in [1.82, 2.24) is 10.2 Å². The van der Waals surface area contributed by atoms with E-state index in [1.807, 2.05) is 18.7 Å². The number of carbonyl (C=O) groups excluding carboxylic acids is 1. The van der Waals surface area contributed by atoms with Crippen molar-refractivity contribution in [2.45, 2.75) is 26.8 Å². The van der Waals surface area contributed by atoms with E-state index in [0.717, 1.165) is 19.6 Å². The first kappa shape index (κ1) is 12.7. The van der Waals surface area contributed by atoms with Crippen molar-refractivity contribution >= 4 is 18.3 Å². The molecule has 13 heavy (non-hydrogen) atoms. The number of halogens is 1. The summed E-state index contributed by atoms with van der Waals surface area (Å²) in [6.07, 6.45) is 0. The van der Waals surface area contributed by atoms with Crippen LogP contribution in [0.3, 0.4) is 0 Å². The molecule has 1 aliphatic heterocycles. The monoisotopic (exact) mass is 206 g/mol. The van der Waals surface area contributed by atoms with Gasteiger partial charge in [0.15, 0.2) is 0 Å². The number of nitrogens with zero attached hydrogens (tertiary/aromatic N) is 1. The number of nitrogens with one attached hydrogen (secondary N) is 1. The van der Waals surface area contributed by atoms with E-state index in [1.165, 1.54) is 0 Å². The Kier molecular flexibility index (Phi) is 5.33. The Labute approximate surface area is 86.3 Å². The topological polar surface area (TPSA) is 32.3 Å². The molecule has 0 saturated carbocycles. The highest BCUT2D eigenvalue weighted by molar-refractivity contribution is 5.85. The zero-order chi connectivity index (χ0) is 9.14. The summed E-state index contributed by atoms with van der Waals surface area (Å²) in [6, 6.07) is 0.355. The van der Waals surface area contributed by atoms with Crippen LogP contribution in [0.15, 0.2) is 0 Å². The summed E-state index contributed by atoms with van der Waals surface area (Å²) in [7, 11) is 0. The molecule has 1 saturated heterocycles. The fraction of sp³-hybridized carbons (Fsp3) is 0.889. The second-order valence-corrected chi connectivity index (χ2v) is 3.74. The van der Waals surface area contributed by atoms with Crippen LogP contribution in [0.5, 0.6) is 0 Å². The van der Waals surface area contributed by atoms with Gasteiger partial charge in [-0.1, -0.05) is 13.8 Å². The van der Waals surface area contributed by atoms with Crippen molar-refractivity contribution < 1.29 is 4.79 Å². The molecule has 0 aromatic carbocycles. The summed E-state index contributed by atoms with van der Waals surface area (Å²) in [4.78, 5) is 13.6. The third kappa shape index (κ3) is 3.16. The van der Waals surface area contributed by atoms with E-state index >= 15 is 0 Å². The van der Waals surface area contributed by atoms with Crippen LogP contribution in [-0.4, -0.2) is 36.5 Å². The summed E-state index contributed by atoms with van der Waals surface area (Å²) < 4.78 is 0. The lowest BCUT2D eigenvalue weighted by atomic mass is 10.1. The molecular formula is C9H19ClN2O. The molecule has 0 radical (unpaired) electrons. The molecule has 1 amide bonds. The van der Waals surface area contributed by atoms with Gasteiger partial charge in [-0.05, 0) is 6.92 Å². The molecule has 1 fully saturated rings. The van der Waals surface area contributed by atoms with Crippen molar-refractivity contribution in [3.8, 4) is 0 Å². The molecule has 4 heteroatoms. The van der Waals surface area contributed by atoms with Gasteiger partial charge < -0.3 is 10.2 Å². The van der Waals surface area contributed by atoms with Crippen LogP contribution in [0.4, 0.5) is 0 Å². The molecule has 0 unspecified atom stereocenters. The average molecular weight is 207 g/mol. The van der Waals surface area contributed by atoms with Crippen LogP contribution in [0.2, 0.25) is 0 Å². The van der Waals surface area contributed by atoms with Crippen molar-refractivity contribution in [2.75, 3.05) is 19.6 Å². The van der Waals surface area contributed by atoms with Gasteiger partial charge in [-0.2, -0.15) is 0 Å². The SMILES string of the molecule is CC(C)C(=O)N1CCNC[C@H]1C.Cl. The lowest BCUT2D eigenvalue weighted by molar-refractivity contribution is -0.137. The first-order valence-corrected chi connectivity index (χ1v) is 4.64. The Hall–Kier alpha value is -0.280. The number of carbonyl (C=O) groups is 1. The van der Waals surface area contributed by atoms with Crippen LogP contribution in [0.1, 0.15) is 20.8 Å². The quantitative estimate of drug-likeness (QED) is 0.691. The molecular weight excluding hydrogens is 188 g/mol. The summed E-state index contributed by atoms with van der Waals surface area (Å²) in [5.41, 5.74) is 0. The van der Waals surface area contributed by atoms with E-state index in [2.05, 4.69) is 12.2 Å². The summed E-state index contributed by atoms with van der Waals surface area (Å²) in [5.74, 6) is 0.412. The maximum absolute atomic E-state index is 11.6. The minimum atomic E-state index is 0. The van der Waals surface area contributed by atoms with Crippen LogP contribution in [-0.2, 0) is 4.79 Å². The fourth-order valence-corrected chi connectivity index (χ4v) is 1.50. The third-order valence-electron chi connectivity index (χ3n) is 2.28. The molecule has 3 nitrogen and oxygen atoms in total. The predicted octanol–water partition coefficient (Wildman–Crippen LogP) is 0.885. The summed E-state index contributed by atoms with van der Waals surface area (Å²) >= 11 is 0. The van der Waals surface area contributed by atoms with Crippen molar-refractivity contribution in [2.24, 2.45) is 5.92 Å². The molecule has 1 N–H and O–H groups in total. The van der Waals surface area contributed by atoms with Crippen LogP contribution in [0.25, 0.3) is 0 Å². The van der Waals surface area contributed by atoms with Gasteiger partial charge in [-0.15, -0.1) is 12.4 Å². The highest BCUT2D eigenvalue weighted by atomic mass is 35.5. The molecule has 1 rings (SSSR count). The molecule has 1 atom stereocenters. The Morgan fingerprint density at radius 2 is 2.15 bits per heavy atom. The molecule has 1 aliphatic rings. The lowest BCUT2D eigenvalue weighted by Gasteiger charge is -2.35. The summed E-state index contributed by atoms with van der Waals surface area (Å²) in [6.45, 7) is 8.72. The molecule has 0 aromatic rings. The Balaban J connectivity index is 0.00000144. The number of hydrogen-bond acceptors (Lipinski definition) is 2. The summed E-state index contributed by atoms with van der Waals surface area (Å²) in [5, 5.41) is 3.26. The highest BCUT2D eigenvalue weighted by Gasteiger charge is 2.24. The standard InChI is InChI=1S/C9H18N2O.ClH/c1-7(2)9(12)11-5-4-10-6-8(11)3;/h7-8,10H,4-6H2,1-3H3;1H/t8-;/m1./s1. The molecule has 78 valence electrons. The van der Waals surface area contributed by atoms with Crippen LogP contribution in [0, 0.1) is 5.92 Å². The van der Waals surface area contributed by atoms with Gasteiger partial charge in [0, 0.05) is 31.6 Å². The first-order valence-electron chi connectivity index (χ1n) is 4.64. The van der Waals surface area contributed by atoms with Gasteiger partial charge in [0.25, 0.3) is 0 Å². The average Bonchev–Trinajstić information content (AvgIpc) is 2.04. The normalized spacial score (nSPS) is 22.8. The minimum Gasteiger partial charge on any atom is -0.337 e. The number of amides is 1. The Morgan fingerprint density at radius 1 is 1.54 bits per heavy atom. The van der Waals surface area contributed by atoms with E-state index < -0.39 is 0 Å². The van der Waals surface area contributed by atoms with Gasteiger partial charge >= 0.3 is 0 Å². The smallest absolute Gasteiger partial charge is 0.225 e. The highest BCUT2D eigenvalue weighted by Crippen LogP contribution is 2.07. The van der Waals surface area contributed by atoms with E-state index in [4.69, 9.17) is 0 Å². The van der Waals surface area contributed by atoms with Gasteiger partial charge in [0.05, 0.1) is 0 Å². The van der Waals surface area contributed by atoms with Gasteiger partial charge in [0.2, 0.25) is 5.91 Å². The van der Waals surface area contributed by atoms with Crippen LogP contribution < -0.4 is 5.32 Å². The van der Waals surface area contributed by atoms with E-state index in [0.29, 0.717) is 6.04 Å². The van der Waals surface area contributed by atoms with Crippen LogP contribution >= 0.6 is 12.4 Å². The number of rotatable bonds is 1. The van der Waals surface area contributed by atoms with Gasteiger partial charge in [-0.3, -0.25) is 4.79 Å². The predicted molar refractivity (Wildman–Crippen MR) is 56.1 cm³/mol. The lowest BCUT2D eigenvalue weighted by Crippen LogP contribution is -2.53. The molecule has 1 heterocycles. The van der Waals surface area contributed by atoms with Crippen molar-refractivity contribution in [1.29, 1.82) is 0 Å². The molecule has 0 bridgehead atoms. The maximum atomic E-state index is 11.6. The maximum Gasteiger partial charge on any atom is 0.225 e. The number of piperazine rings is 1. The zero-order valence-corrected chi connectivity index (χ0v) is 9.36. The molecule has 0 spiro atoms. The Morgan fingerprint density at radius 3 is 2.62 bits per heavy atom. The van der Waals surface area contributed by atoms with E-state index in [9.17, 15) is 4.79 Å². The van der Waals surface area contributed by atoms with E-state index in [1.54, 1.807) is 0 Å². The second kappa shape index (κ2) is 5.45. The third-order valence-corrected chi connectivity index (χ3v) is 2.28. The van der Waals surface area contributed by atoms with Gasteiger partial charge in [-0.25, -0.2) is 0 Å². The molecule has 0 aromatic heterocycles. The first-order chi connectivity index (χ1) is 5.63. The fourth-order valence-electron chi connectivity index (χ4n) is 1.50. The zero-order valence-electron chi connectivity index (χ0n) is 8.54. The minimum absolute atomic E-state index is 0. The number of hydrogen-bond donors (Lipinski definition) is 1. The van der Waals surface area contributed by atoms with E-state index in [-0.39, 0.29) is 24.2 Å². The van der Waals surface area contributed by atoms with Crippen molar-refractivity contribution in [3.63, 3.8) is 0 Å². The van der Waals surface area contributed by atoms with Crippen molar-refractivity contribution in [3.05, 3.63) is 0 Å². The van der Waals surface area contributed by atoms with Gasteiger partial charge in [0.1, 0.15) is 0 Å². The Bertz CT molecular complexity index is 173. The largest absolute Gasteiger partial charge is 0.337 e.